The summed E-state index contributed by atoms with van der Waals surface area (Å²) in [6.45, 7) is 6.33. The first-order chi connectivity index (χ1) is 7.53. The number of benzene rings is 1. The van der Waals surface area contributed by atoms with Crippen molar-refractivity contribution in [2.24, 2.45) is 11.3 Å². The molecule has 0 unspecified atom stereocenters. The van der Waals surface area contributed by atoms with E-state index in [0.717, 1.165) is 25.1 Å². The van der Waals surface area contributed by atoms with Crippen LogP contribution in [0.5, 0.6) is 0 Å². The Kier molecular flexibility index (Phi) is 3.22. The van der Waals surface area contributed by atoms with Crippen LogP contribution in [-0.2, 0) is 6.42 Å². The van der Waals surface area contributed by atoms with E-state index in [9.17, 15) is 4.39 Å². The largest absolute Gasteiger partial charge is 0.315 e. The topological polar surface area (TPSA) is 12.0 Å². The second-order valence-electron chi connectivity index (χ2n) is 5.03. The van der Waals surface area contributed by atoms with Gasteiger partial charge in [-0.1, -0.05) is 25.4 Å². The summed E-state index contributed by atoms with van der Waals surface area (Å²) >= 11 is 5.90. The quantitative estimate of drug-likeness (QED) is 0.857. The third-order valence-corrected chi connectivity index (χ3v) is 3.96. The van der Waals surface area contributed by atoms with E-state index < -0.39 is 0 Å². The molecule has 1 saturated heterocycles. The van der Waals surface area contributed by atoms with E-state index in [1.807, 2.05) is 0 Å². The summed E-state index contributed by atoms with van der Waals surface area (Å²) in [5.74, 6) is 0.406. The lowest BCUT2D eigenvalue weighted by molar-refractivity contribution is 0.0983. The molecule has 1 fully saturated rings. The molecule has 1 aliphatic rings. The lowest BCUT2D eigenvalue weighted by atomic mass is 9.68. The van der Waals surface area contributed by atoms with Gasteiger partial charge in [-0.3, -0.25) is 0 Å². The van der Waals surface area contributed by atoms with Crippen LogP contribution in [0.15, 0.2) is 18.2 Å². The molecule has 3 heteroatoms. The molecule has 1 aromatic carbocycles. The first kappa shape index (κ1) is 11.9. The Hall–Kier alpha value is -0.600. The molecule has 0 aromatic heterocycles. The highest BCUT2D eigenvalue weighted by molar-refractivity contribution is 6.30. The molecular weight excluding hydrogens is 225 g/mol. The molecule has 16 heavy (non-hydrogen) atoms. The molecule has 0 saturated carbocycles. The van der Waals surface area contributed by atoms with Gasteiger partial charge in [-0.15, -0.1) is 0 Å². The number of nitrogens with one attached hydrogen (secondary N) is 1. The van der Waals surface area contributed by atoms with E-state index in [2.05, 4.69) is 19.2 Å². The van der Waals surface area contributed by atoms with Gasteiger partial charge in [0.1, 0.15) is 5.82 Å². The van der Waals surface area contributed by atoms with Crippen LogP contribution in [0, 0.1) is 17.2 Å². The predicted molar refractivity (Wildman–Crippen MR) is 65.3 cm³/mol. The van der Waals surface area contributed by atoms with Crippen LogP contribution < -0.4 is 5.32 Å². The van der Waals surface area contributed by atoms with Gasteiger partial charge in [0, 0.05) is 23.5 Å². The molecule has 1 aromatic rings. The Labute approximate surface area is 101 Å². The Balaban J connectivity index is 2.22. The molecule has 1 N–H and O–H groups in total. The van der Waals surface area contributed by atoms with Crippen LogP contribution in [-0.4, -0.2) is 13.1 Å². The summed E-state index contributed by atoms with van der Waals surface area (Å²) in [5.41, 5.74) is 0.939. The van der Waals surface area contributed by atoms with Gasteiger partial charge in [0.25, 0.3) is 0 Å². The Morgan fingerprint density at radius 3 is 2.62 bits per heavy atom. The highest BCUT2D eigenvalue weighted by atomic mass is 35.5. The van der Waals surface area contributed by atoms with Gasteiger partial charge in [0.05, 0.1) is 0 Å². The number of rotatable bonds is 3. The fourth-order valence-electron chi connectivity index (χ4n) is 2.24. The van der Waals surface area contributed by atoms with Crippen molar-refractivity contribution < 1.29 is 4.39 Å². The maximum absolute atomic E-state index is 13.6. The van der Waals surface area contributed by atoms with Crippen LogP contribution in [0.3, 0.4) is 0 Å². The number of hydrogen-bond donors (Lipinski definition) is 1. The summed E-state index contributed by atoms with van der Waals surface area (Å²) in [6.07, 6.45) is 0.768. The van der Waals surface area contributed by atoms with Crippen molar-refractivity contribution in [2.75, 3.05) is 13.1 Å². The van der Waals surface area contributed by atoms with Crippen molar-refractivity contribution in [1.82, 2.24) is 5.32 Å². The summed E-state index contributed by atoms with van der Waals surface area (Å²) in [6, 6.07) is 4.80. The molecule has 0 spiro atoms. The zero-order chi connectivity index (χ0) is 11.8. The van der Waals surface area contributed by atoms with E-state index in [1.165, 1.54) is 6.07 Å². The fourth-order valence-corrected chi connectivity index (χ4v) is 2.44. The van der Waals surface area contributed by atoms with Gasteiger partial charge in [0.2, 0.25) is 0 Å². The second kappa shape index (κ2) is 4.34. The minimum absolute atomic E-state index is 0.142. The number of halogens is 2. The average Bonchev–Trinajstić information content (AvgIpc) is 2.16. The third kappa shape index (κ3) is 2.09. The van der Waals surface area contributed by atoms with E-state index in [0.29, 0.717) is 10.9 Å². The van der Waals surface area contributed by atoms with E-state index in [1.54, 1.807) is 12.1 Å². The Morgan fingerprint density at radius 2 is 2.12 bits per heavy atom. The summed E-state index contributed by atoms with van der Waals surface area (Å²) < 4.78 is 13.6. The van der Waals surface area contributed by atoms with Crippen molar-refractivity contribution in [3.05, 3.63) is 34.6 Å². The molecule has 0 radical (unpaired) electrons. The Bertz CT molecular complexity index is 386. The maximum Gasteiger partial charge on any atom is 0.126 e. The van der Waals surface area contributed by atoms with Crippen molar-refractivity contribution >= 4 is 11.6 Å². The van der Waals surface area contributed by atoms with Gasteiger partial charge >= 0.3 is 0 Å². The van der Waals surface area contributed by atoms with E-state index in [-0.39, 0.29) is 11.2 Å². The van der Waals surface area contributed by atoms with Crippen LogP contribution in [0.25, 0.3) is 0 Å². The lowest BCUT2D eigenvalue weighted by Gasteiger charge is -2.46. The Morgan fingerprint density at radius 1 is 1.44 bits per heavy atom. The molecule has 1 aliphatic heterocycles. The summed E-state index contributed by atoms with van der Waals surface area (Å²) in [4.78, 5) is 0. The van der Waals surface area contributed by atoms with Gasteiger partial charge in [-0.2, -0.15) is 0 Å². The molecule has 0 aliphatic carbocycles. The predicted octanol–water partition coefficient (Wildman–Crippen LogP) is 3.27. The third-order valence-electron chi connectivity index (χ3n) is 3.73. The average molecular weight is 242 g/mol. The molecule has 0 amide bonds. The molecule has 1 heterocycles. The SMILES string of the molecule is CC(C)C1(Cc2cc(Cl)ccc2F)CNC1. The van der Waals surface area contributed by atoms with Crippen molar-refractivity contribution in [1.29, 1.82) is 0 Å². The first-order valence-corrected chi connectivity index (χ1v) is 6.06. The molecular formula is C13H17ClFN. The van der Waals surface area contributed by atoms with Gasteiger partial charge in [-0.05, 0) is 36.1 Å². The molecule has 2 rings (SSSR count). The van der Waals surface area contributed by atoms with Crippen LogP contribution in [0.2, 0.25) is 5.02 Å². The zero-order valence-electron chi connectivity index (χ0n) is 9.69. The summed E-state index contributed by atoms with van der Waals surface area (Å²) in [7, 11) is 0. The van der Waals surface area contributed by atoms with Gasteiger partial charge in [0.15, 0.2) is 0 Å². The van der Waals surface area contributed by atoms with Gasteiger partial charge < -0.3 is 5.32 Å². The standard InChI is InChI=1S/C13H17ClFN/c1-9(2)13(7-16-8-13)6-10-5-11(14)3-4-12(10)15/h3-5,9,16H,6-8H2,1-2H3. The molecule has 1 nitrogen and oxygen atoms in total. The second-order valence-corrected chi connectivity index (χ2v) is 5.47. The van der Waals surface area contributed by atoms with Crippen molar-refractivity contribution in [3.8, 4) is 0 Å². The van der Waals surface area contributed by atoms with E-state index >= 15 is 0 Å². The lowest BCUT2D eigenvalue weighted by Crippen LogP contribution is -2.57. The normalized spacial score (nSPS) is 18.6. The molecule has 0 bridgehead atoms. The zero-order valence-corrected chi connectivity index (χ0v) is 10.4. The highest BCUT2D eigenvalue weighted by Gasteiger charge is 2.40. The maximum atomic E-state index is 13.6. The van der Waals surface area contributed by atoms with Crippen LogP contribution >= 0.6 is 11.6 Å². The smallest absolute Gasteiger partial charge is 0.126 e. The molecule has 88 valence electrons. The minimum atomic E-state index is -0.142. The number of hydrogen-bond acceptors (Lipinski definition) is 1. The van der Waals surface area contributed by atoms with Crippen LogP contribution in [0.1, 0.15) is 19.4 Å². The van der Waals surface area contributed by atoms with Gasteiger partial charge in [-0.25, -0.2) is 4.39 Å². The minimum Gasteiger partial charge on any atom is -0.315 e. The van der Waals surface area contributed by atoms with Crippen molar-refractivity contribution in [3.63, 3.8) is 0 Å². The first-order valence-electron chi connectivity index (χ1n) is 5.68. The van der Waals surface area contributed by atoms with Crippen LogP contribution in [0.4, 0.5) is 4.39 Å². The fraction of sp³-hybridized carbons (Fsp3) is 0.538. The molecule has 0 atom stereocenters. The highest BCUT2D eigenvalue weighted by Crippen LogP contribution is 2.36. The monoisotopic (exact) mass is 241 g/mol. The van der Waals surface area contributed by atoms with E-state index in [4.69, 9.17) is 11.6 Å². The van der Waals surface area contributed by atoms with Crippen molar-refractivity contribution in [2.45, 2.75) is 20.3 Å². The summed E-state index contributed by atoms with van der Waals surface area (Å²) in [5, 5.41) is 3.90.